The highest BCUT2D eigenvalue weighted by molar-refractivity contribution is 7.31. The number of hydrogen-bond acceptors (Lipinski definition) is 13. The number of ether oxygens (including phenoxy) is 2. The third-order valence-corrected chi connectivity index (χ3v) is 29.3. The van der Waals surface area contributed by atoms with Gasteiger partial charge in [0.05, 0.1) is 13.2 Å². The van der Waals surface area contributed by atoms with Gasteiger partial charge in [0.15, 0.2) is 0 Å². The van der Waals surface area contributed by atoms with Crippen molar-refractivity contribution in [1.82, 2.24) is 0 Å². The van der Waals surface area contributed by atoms with E-state index in [2.05, 4.69) is 77.9 Å². The molecule has 0 aliphatic rings. The Labute approximate surface area is 676 Å². The highest BCUT2D eigenvalue weighted by Gasteiger charge is 2.45. The fourth-order valence-corrected chi connectivity index (χ4v) is 23.2. The molecule has 0 aromatic carbocycles. The minimum atomic E-state index is -5.26. The molecule has 0 aliphatic heterocycles. The number of thiophene rings is 7. The number of rotatable bonds is 56. The van der Waals surface area contributed by atoms with Crippen LogP contribution >= 0.6 is 79.4 Å². The maximum atomic E-state index is 14.2. The number of aryl methyl sites for hydroxylation is 6. The SMILES string of the molecule is CCCCCCCCc1cc(/C=C(/C(=O)OCC)C(=O)C(F)(F)F)sc1-c1cc(CCCCCCCC)c(-c2cc(CCCCCCCC)c(-c3ccc(-c4sc(-c5sc(-c6sc(/C=C(/C(=O)OCC)C(=O)C(F)(F)F)cc6CCCCCCCC)cc5CCCCCCCC)cc4CCCCCCCC)s3)s2)s1. The Morgan fingerprint density at radius 1 is 0.284 bits per heavy atom. The van der Waals surface area contributed by atoms with E-state index in [0.29, 0.717) is 22.6 Å². The van der Waals surface area contributed by atoms with Gasteiger partial charge in [-0.1, -0.05) is 234 Å². The average Bonchev–Trinajstić information content (AvgIpc) is 1.62. The molecule has 0 aliphatic carbocycles. The number of Topliss-reactive ketones (excluding diaryl/α,β-unsaturated/α-hetero) is 2. The molecule has 0 N–H and O–H groups in total. The molecule has 19 heteroatoms. The summed E-state index contributed by atoms with van der Waals surface area (Å²) in [5.41, 5.74) is 5.20. The van der Waals surface area contributed by atoms with E-state index in [-0.39, 0.29) is 13.2 Å². The molecular formula is C90H122F6O6S7. The minimum Gasteiger partial charge on any atom is -0.462 e. The first-order valence-corrected chi connectivity index (χ1v) is 47.3. The molecule has 0 atom stereocenters. The lowest BCUT2D eigenvalue weighted by molar-refractivity contribution is -0.168. The van der Waals surface area contributed by atoms with Gasteiger partial charge in [0.1, 0.15) is 11.1 Å². The molecule has 7 aromatic rings. The van der Waals surface area contributed by atoms with E-state index in [1.807, 2.05) is 46.1 Å². The standard InChI is InChI=1S/C90H122F6O6S7/c1-9-17-23-29-35-41-47-63-55-69(61-71(87(99)101-15-7)85(97)89(91,92)93)103-81(63)75-59-67(51-45-39-33-27-21-13-5)83(108-75)77-57-65(49-43-37-31-25-19-11-3)79(106-77)73-53-54-74(105-73)80-66(50-44-38-32-26-20-12-4)58-78(107-80)84-68(52-46-40-34-28-22-14-6)60-76(109-84)82-64(48-42-36-30-24-18-10-2)56-70(104-82)62-72(88(100)102-16-8)86(98)90(94,95)96/h53-62H,9-52H2,1-8H3/b71-61+,72-62+. The molecule has 0 fully saturated rings. The van der Waals surface area contributed by atoms with Crippen molar-refractivity contribution in [3.05, 3.63) is 103 Å². The first-order valence-electron chi connectivity index (χ1n) is 41.6. The minimum absolute atomic E-state index is 0.173. The zero-order chi connectivity index (χ0) is 78.6. The first-order chi connectivity index (χ1) is 52.7. The van der Waals surface area contributed by atoms with E-state index in [0.717, 1.165) is 223 Å². The van der Waals surface area contributed by atoms with Crippen molar-refractivity contribution in [3.63, 3.8) is 0 Å². The summed E-state index contributed by atoms with van der Waals surface area (Å²) in [6, 6.07) is 18.0. The van der Waals surface area contributed by atoms with E-state index < -0.39 is 47.0 Å². The van der Waals surface area contributed by atoms with Crippen LogP contribution in [0.1, 0.15) is 330 Å². The van der Waals surface area contributed by atoms with Crippen LogP contribution in [0.5, 0.6) is 0 Å². The number of halogens is 6. The van der Waals surface area contributed by atoms with Crippen molar-refractivity contribution >= 4 is 115 Å². The predicted octanol–water partition coefficient (Wildman–Crippen LogP) is 31.7. The number of ketones is 2. The second kappa shape index (κ2) is 49.1. The molecular weight excluding hydrogens is 1520 g/mol. The molecule has 0 unspecified atom stereocenters. The van der Waals surface area contributed by atoms with Crippen molar-refractivity contribution in [3.8, 4) is 58.5 Å². The van der Waals surface area contributed by atoms with E-state index in [9.17, 15) is 45.5 Å². The lowest BCUT2D eigenvalue weighted by atomic mass is 10.0. The summed E-state index contributed by atoms with van der Waals surface area (Å²) >= 11 is 11.8. The molecule has 0 spiro atoms. The summed E-state index contributed by atoms with van der Waals surface area (Å²) in [5, 5.41) is 0. The van der Waals surface area contributed by atoms with Crippen LogP contribution in [-0.2, 0) is 67.2 Å². The quantitative estimate of drug-likeness (QED) is 0.00943. The van der Waals surface area contributed by atoms with Gasteiger partial charge in [-0.2, -0.15) is 26.3 Å². The molecule has 7 aromatic heterocycles. The molecule has 6 nitrogen and oxygen atoms in total. The van der Waals surface area contributed by atoms with Gasteiger partial charge in [0.2, 0.25) is 0 Å². The fourth-order valence-electron chi connectivity index (χ4n) is 14.2. The molecule has 0 radical (unpaired) electrons. The summed E-state index contributed by atoms with van der Waals surface area (Å²) in [4.78, 5) is 66.9. The van der Waals surface area contributed by atoms with Gasteiger partial charge in [0, 0.05) is 68.3 Å². The smallest absolute Gasteiger partial charge is 0.455 e. The normalized spacial score (nSPS) is 12.3. The first kappa shape index (κ1) is 91.4. The molecule has 0 saturated heterocycles. The maximum Gasteiger partial charge on any atom is 0.455 e. The van der Waals surface area contributed by atoms with Crippen LogP contribution in [-0.4, -0.2) is 49.1 Å². The fraction of sp³-hybridized carbons (Fsp3) is 0.600. The molecule has 0 bridgehead atoms. The molecule has 0 saturated carbocycles. The Bertz CT molecular complexity index is 3680. The lowest BCUT2D eigenvalue weighted by Crippen LogP contribution is -2.29. The Morgan fingerprint density at radius 2 is 0.495 bits per heavy atom. The van der Waals surface area contributed by atoms with Crippen LogP contribution in [0.25, 0.3) is 70.7 Å². The topological polar surface area (TPSA) is 86.7 Å². The highest BCUT2D eigenvalue weighted by atomic mass is 32.1. The number of carbonyl (C=O) groups excluding carboxylic acids is 4. The Morgan fingerprint density at radius 3 is 0.725 bits per heavy atom. The molecule has 0 amide bonds. The average molecular weight is 1640 g/mol. The van der Waals surface area contributed by atoms with E-state index in [1.165, 1.54) is 175 Å². The molecule has 602 valence electrons. The second-order valence-electron chi connectivity index (χ2n) is 29.3. The molecule has 7 rings (SSSR count). The lowest BCUT2D eigenvalue weighted by Gasteiger charge is -2.08. The number of hydrogen-bond donors (Lipinski definition) is 0. The Hall–Kier alpha value is -4.76. The summed E-state index contributed by atoms with van der Waals surface area (Å²) in [6.07, 6.45) is 37.4. The zero-order valence-electron chi connectivity index (χ0n) is 66.5. The number of unbranched alkanes of at least 4 members (excludes halogenated alkanes) is 30. The number of esters is 2. The molecule has 109 heavy (non-hydrogen) atoms. The van der Waals surface area contributed by atoms with E-state index in [4.69, 9.17) is 9.47 Å². The number of carbonyl (C=O) groups is 4. The van der Waals surface area contributed by atoms with Crippen LogP contribution in [0.2, 0.25) is 0 Å². The van der Waals surface area contributed by atoms with Crippen molar-refractivity contribution in [1.29, 1.82) is 0 Å². The third-order valence-electron chi connectivity index (χ3n) is 20.2. The van der Waals surface area contributed by atoms with Gasteiger partial charge in [0.25, 0.3) is 11.6 Å². The van der Waals surface area contributed by atoms with E-state index in [1.54, 1.807) is 22.7 Å². The Kier molecular flexibility index (Phi) is 41.2. The zero-order valence-corrected chi connectivity index (χ0v) is 72.2. The second-order valence-corrected chi connectivity index (χ2v) is 36.8. The number of alkyl halides is 6. The summed E-state index contributed by atoms with van der Waals surface area (Å²) < 4.78 is 95.3. The van der Waals surface area contributed by atoms with Crippen molar-refractivity contribution in [2.45, 2.75) is 337 Å². The monoisotopic (exact) mass is 1640 g/mol. The van der Waals surface area contributed by atoms with Crippen molar-refractivity contribution in [2.75, 3.05) is 13.2 Å². The molecule has 7 heterocycles. The van der Waals surface area contributed by atoms with Gasteiger partial charge in [-0.15, -0.1) is 79.4 Å². The summed E-state index contributed by atoms with van der Waals surface area (Å²) in [6.45, 7) is 16.0. The van der Waals surface area contributed by atoms with Crippen molar-refractivity contribution < 1.29 is 55.0 Å². The van der Waals surface area contributed by atoms with Crippen molar-refractivity contribution in [2.24, 2.45) is 0 Å². The Balaban J connectivity index is 1.38. The van der Waals surface area contributed by atoms with Gasteiger partial charge in [-0.25, -0.2) is 9.59 Å². The van der Waals surface area contributed by atoms with Gasteiger partial charge < -0.3 is 9.47 Å². The van der Waals surface area contributed by atoms with Gasteiger partial charge in [-0.3, -0.25) is 9.59 Å². The van der Waals surface area contributed by atoms with Gasteiger partial charge >= 0.3 is 24.3 Å². The van der Waals surface area contributed by atoms with E-state index >= 15 is 0 Å². The van der Waals surface area contributed by atoms with Crippen LogP contribution in [0.3, 0.4) is 0 Å². The highest BCUT2D eigenvalue weighted by Crippen LogP contribution is 2.53. The van der Waals surface area contributed by atoms with Crippen LogP contribution < -0.4 is 0 Å². The summed E-state index contributed by atoms with van der Waals surface area (Å²) in [7, 11) is 0. The van der Waals surface area contributed by atoms with Crippen LogP contribution in [0, 0.1) is 0 Å². The third kappa shape index (κ3) is 29.2. The van der Waals surface area contributed by atoms with Crippen LogP contribution in [0.15, 0.2) is 59.7 Å². The largest absolute Gasteiger partial charge is 0.462 e. The summed E-state index contributed by atoms with van der Waals surface area (Å²) in [5.74, 6) is -6.99. The maximum absolute atomic E-state index is 14.2. The predicted molar refractivity (Wildman–Crippen MR) is 458 cm³/mol. The van der Waals surface area contributed by atoms with Crippen LogP contribution in [0.4, 0.5) is 26.3 Å². The van der Waals surface area contributed by atoms with Gasteiger partial charge in [-0.05, 0) is 185 Å².